The molecule has 1 heterocycles. The van der Waals surface area contributed by atoms with Gasteiger partial charge in [0, 0.05) is 12.2 Å². The maximum Gasteiger partial charge on any atom is 0.144 e. The first kappa shape index (κ1) is 13.1. The molecule has 3 heteroatoms. The fourth-order valence-electron chi connectivity index (χ4n) is 1.93. The molecule has 0 saturated heterocycles. The van der Waals surface area contributed by atoms with Gasteiger partial charge in [-0.3, -0.25) is 0 Å². The molecule has 0 atom stereocenters. The lowest BCUT2D eigenvalue weighted by molar-refractivity contribution is 0.857. The van der Waals surface area contributed by atoms with E-state index in [1.807, 2.05) is 25.1 Å². The zero-order chi connectivity index (χ0) is 13.5. The van der Waals surface area contributed by atoms with Crippen LogP contribution in [0.15, 0.2) is 42.5 Å². The molecule has 19 heavy (non-hydrogen) atoms. The number of benzene rings is 1. The number of rotatable bonds is 5. The SMILES string of the molecule is Cc1ccc(C#N)c(NCCCc2ccccc2)n1. The Morgan fingerprint density at radius 3 is 2.68 bits per heavy atom. The maximum atomic E-state index is 9.01. The van der Waals surface area contributed by atoms with Crippen LogP contribution < -0.4 is 5.32 Å². The molecule has 0 unspecified atom stereocenters. The molecule has 1 aromatic heterocycles. The largest absolute Gasteiger partial charge is 0.369 e. The Morgan fingerprint density at radius 2 is 1.95 bits per heavy atom. The van der Waals surface area contributed by atoms with Gasteiger partial charge < -0.3 is 5.32 Å². The molecule has 0 bridgehead atoms. The van der Waals surface area contributed by atoms with E-state index in [4.69, 9.17) is 5.26 Å². The summed E-state index contributed by atoms with van der Waals surface area (Å²) in [6.07, 6.45) is 2.05. The van der Waals surface area contributed by atoms with Gasteiger partial charge in [0.05, 0.1) is 5.56 Å². The molecule has 0 aliphatic heterocycles. The van der Waals surface area contributed by atoms with E-state index in [2.05, 4.69) is 40.6 Å². The van der Waals surface area contributed by atoms with Gasteiger partial charge in [-0.1, -0.05) is 30.3 Å². The van der Waals surface area contributed by atoms with E-state index in [1.165, 1.54) is 5.56 Å². The van der Waals surface area contributed by atoms with Crippen molar-refractivity contribution >= 4 is 5.82 Å². The minimum absolute atomic E-state index is 0.602. The number of pyridine rings is 1. The van der Waals surface area contributed by atoms with Crippen molar-refractivity contribution in [1.29, 1.82) is 5.26 Å². The Hall–Kier alpha value is -2.34. The standard InChI is InChI=1S/C16H17N3/c1-13-9-10-15(12-17)16(19-13)18-11-5-8-14-6-3-2-4-7-14/h2-4,6-7,9-10H,5,8,11H2,1H3,(H,18,19). The van der Waals surface area contributed by atoms with Crippen molar-refractivity contribution in [2.45, 2.75) is 19.8 Å². The van der Waals surface area contributed by atoms with E-state index in [0.29, 0.717) is 11.4 Å². The number of hydrogen-bond donors (Lipinski definition) is 1. The fraction of sp³-hybridized carbons (Fsp3) is 0.250. The van der Waals surface area contributed by atoms with E-state index >= 15 is 0 Å². The van der Waals surface area contributed by atoms with Crippen LogP contribution in [0.5, 0.6) is 0 Å². The number of hydrogen-bond acceptors (Lipinski definition) is 3. The van der Waals surface area contributed by atoms with Gasteiger partial charge in [-0.05, 0) is 37.5 Å². The van der Waals surface area contributed by atoms with Gasteiger partial charge in [0.2, 0.25) is 0 Å². The molecule has 0 aliphatic carbocycles. The molecule has 0 amide bonds. The molecule has 1 aromatic carbocycles. The molecule has 3 nitrogen and oxygen atoms in total. The third-order valence-corrected chi connectivity index (χ3v) is 2.93. The summed E-state index contributed by atoms with van der Waals surface area (Å²) in [5, 5.41) is 12.3. The summed E-state index contributed by atoms with van der Waals surface area (Å²) in [6, 6.07) is 16.2. The minimum Gasteiger partial charge on any atom is -0.369 e. The van der Waals surface area contributed by atoms with E-state index in [1.54, 1.807) is 0 Å². The summed E-state index contributed by atoms with van der Waals surface area (Å²) in [7, 11) is 0. The molecule has 0 spiro atoms. The van der Waals surface area contributed by atoms with E-state index in [9.17, 15) is 0 Å². The molecule has 0 fully saturated rings. The van der Waals surface area contributed by atoms with Crippen LogP contribution in [0.4, 0.5) is 5.82 Å². The summed E-state index contributed by atoms with van der Waals surface area (Å²) < 4.78 is 0. The van der Waals surface area contributed by atoms with Crippen molar-refractivity contribution in [3.63, 3.8) is 0 Å². The minimum atomic E-state index is 0.602. The number of nitrogens with zero attached hydrogens (tertiary/aromatic N) is 2. The first-order valence-corrected chi connectivity index (χ1v) is 6.45. The van der Waals surface area contributed by atoms with Crippen molar-refractivity contribution in [1.82, 2.24) is 4.98 Å². The number of aryl methyl sites for hydroxylation is 2. The highest BCUT2D eigenvalue weighted by molar-refractivity contribution is 5.52. The van der Waals surface area contributed by atoms with Crippen LogP contribution in [0.25, 0.3) is 0 Å². The Labute approximate surface area is 113 Å². The summed E-state index contributed by atoms with van der Waals surface area (Å²) >= 11 is 0. The highest BCUT2D eigenvalue weighted by Gasteiger charge is 2.02. The van der Waals surface area contributed by atoms with Crippen molar-refractivity contribution in [3.8, 4) is 6.07 Å². The van der Waals surface area contributed by atoms with Crippen molar-refractivity contribution in [2.75, 3.05) is 11.9 Å². The Kier molecular flexibility index (Phi) is 4.52. The van der Waals surface area contributed by atoms with Gasteiger partial charge >= 0.3 is 0 Å². The topological polar surface area (TPSA) is 48.7 Å². The second-order valence-electron chi connectivity index (χ2n) is 4.48. The first-order chi connectivity index (χ1) is 9.29. The molecular formula is C16H17N3. The normalized spacial score (nSPS) is 9.89. The highest BCUT2D eigenvalue weighted by atomic mass is 15.0. The van der Waals surface area contributed by atoms with E-state index < -0.39 is 0 Å². The highest BCUT2D eigenvalue weighted by Crippen LogP contribution is 2.12. The molecule has 96 valence electrons. The monoisotopic (exact) mass is 251 g/mol. The predicted octanol–water partition coefficient (Wildman–Crippen LogP) is 3.31. The molecular weight excluding hydrogens is 234 g/mol. The van der Waals surface area contributed by atoms with E-state index in [0.717, 1.165) is 25.1 Å². The van der Waals surface area contributed by atoms with Gasteiger partial charge in [-0.2, -0.15) is 5.26 Å². The smallest absolute Gasteiger partial charge is 0.144 e. The molecule has 2 aromatic rings. The zero-order valence-electron chi connectivity index (χ0n) is 11.1. The number of aromatic nitrogens is 1. The fourth-order valence-corrected chi connectivity index (χ4v) is 1.93. The predicted molar refractivity (Wildman–Crippen MR) is 76.9 cm³/mol. The lowest BCUT2D eigenvalue weighted by Gasteiger charge is -2.08. The third-order valence-electron chi connectivity index (χ3n) is 2.93. The second-order valence-corrected chi connectivity index (χ2v) is 4.48. The third kappa shape index (κ3) is 3.82. The zero-order valence-corrected chi connectivity index (χ0v) is 11.1. The van der Waals surface area contributed by atoms with Crippen LogP contribution in [0.3, 0.4) is 0 Å². The molecule has 0 saturated carbocycles. The van der Waals surface area contributed by atoms with Gasteiger partial charge in [0.1, 0.15) is 11.9 Å². The van der Waals surface area contributed by atoms with Crippen LogP contribution in [0.1, 0.15) is 23.2 Å². The van der Waals surface area contributed by atoms with Crippen LogP contribution in [0, 0.1) is 18.3 Å². The average Bonchev–Trinajstić information content (AvgIpc) is 2.45. The van der Waals surface area contributed by atoms with Crippen LogP contribution in [-0.2, 0) is 6.42 Å². The molecule has 0 radical (unpaired) electrons. The van der Waals surface area contributed by atoms with Crippen LogP contribution in [0.2, 0.25) is 0 Å². The second kappa shape index (κ2) is 6.55. The van der Waals surface area contributed by atoms with Crippen molar-refractivity contribution < 1.29 is 0 Å². The number of nitrogens with one attached hydrogen (secondary N) is 1. The van der Waals surface area contributed by atoms with E-state index in [-0.39, 0.29) is 0 Å². The summed E-state index contributed by atoms with van der Waals surface area (Å²) in [6.45, 7) is 2.75. The van der Waals surface area contributed by atoms with Gasteiger partial charge in [0.25, 0.3) is 0 Å². The summed E-state index contributed by atoms with van der Waals surface area (Å²) in [5.41, 5.74) is 2.86. The Morgan fingerprint density at radius 1 is 1.16 bits per heavy atom. The number of nitriles is 1. The number of anilines is 1. The van der Waals surface area contributed by atoms with Gasteiger partial charge in [0.15, 0.2) is 0 Å². The lowest BCUT2D eigenvalue weighted by atomic mass is 10.1. The average molecular weight is 251 g/mol. The Balaban J connectivity index is 1.86. The summed E-state index contributed by atoms with van der Waals surface area (Å²) in [4.78, 5) is 4.35. The van der Waals surface area contributed by atoms with Crippen LogP contribution >= 0.6 is 0 Å². The molecule has 0 aliphatic rings. The van der Waals surface area contributed by atoms with Crippen molar-refractivity contribution in [3.05, 3.63) is 59.3 Å². The molecule has 2 rings (SSSR count). The summed E-state index contributed by atoms with van der Waals surface area (Å²) in [5.74, 6) is 0.690. The molecule has 1 N–H and O–H groups in total. The van der Waals surface area contributed by atoms with Crippen molar-refractivity contribution in [2.24, 2.45) is 0 Å². The lowest BCUT2D eigenvalue weighted by Crippen LogP contribution is -2.07. The van der Waals surface area contributed by atoms with Gasteiger partial charge in [-0.15, -0.1) is 0 Å². The van der Waals surface area contributed by atoms with Crippen LogP contribution in [-0.4, -0.2) is 11.5 Å². The first-order valence-electron chi connectivity index (χ1n) is 6.45. The van der Waals surface area contributed by atoms with Gasteiger partial charge in [-0.25, -0.2) is 4.98 Å². The maximum absolute atomic E-state index is 9.01. The Bertz CT molecular complexity index is 570. The quantitative estimate of drug-likeness (QED) is 0.829.